The summed E-state index contributed by atoms with van der Waals surface area (Å²) in [6, 6.07) is 15.4. The zero-order chi connectivity index (χ0) is 45.1. The van der Waals surface area contributed by atoms with E-state index in [1.54, 1.807) is 49.1 Å². The molecule has 4 aromatic heterocycles. The summed E-state index contributed by atoms with van der Waals surface area (Å²) < 4.78 is 16.2. The van der Waals surface area contributed by atoms with Crippen LogP contribution in [0.1, 0.15) is 73.8 Å². The molecule has 6 aromatic rings. The lowest BCUT2D eigenvalue weighted by Gasteiger charge is -2.38. The van der Waals surface area contributed by atoms with Crippen LogP contribution in [0.5, 0.6) is 11.5 Å². The molecule has 4 fully saturated rings. The number of aryl methyl sites for hydroxylation is 4. The van der Waals surface area contributed by atoms with Crippen molar-refractivity contribution in [3.63, 3.8) is 0 Å². The molecule has 2 unspecified atom stereocenters. The van der Waals surface area contributed by atoms with Gasteiger partial charge in [0, 0.05) is 108 Å². The zero-order valence-electron chi connectivity index (χ0n) is 36.6. The number of benzene rings is 2. The summed E-state index contributed by atoms with van der Waals surface area (Å²) in [5.41, 5.74) is 2.00. The standard InChI is InChI=1S/2C23H25Cl2N7O/c2*1-13-6-20(27-12-26-13)31-10-14-2-3-15(11-31)21(14)28-23-29-22-19(4-5-32(22)30-23)33-18-8-16(24)7-17(25)9-18/h2*6-9,12,14-15,19,21H,2-5,10-11H2,1H3,(H,28,30)/t2*14-,15+,19-,21?/m10/s1. The predicted octanol–water partition coefficient (Wildman–Crippen LogP) is 9.07. The Hall–Kier alpha value is -5.16. The third kappa shape index (κ3) is 9.13. The Morgan fingerprint density at radius 2 is 0.879 bits per heavy atom. The summed E-state index contributed by atoms with van der Waals surface area (Å²) in [7, 11) is 0. The Balaban J connectivity index is 0.000000146. The molecule has 2 saturated heterocycles. The minimum atomic E-state index is -0.165. The highest BCUT2D eigenvalue weighted by molar-refractivity contribution is 6.35. The topological polar surface area (TPSA) is 162 Å². The van der Waals surface area contributed by atoms with Gasteiger partial charge in [0.05, 0.1) is 0 Å². The maximum atomic E-state index is 6.16. The molecule has 16 nitrogen and oxygen atoms in total. The molecule has 2 aromatic carbocycles. The zero-order valence-corrected chi connectivity index (χ0v) is 39.6. The smallest absolute Gasteiger partial charge is 0.242 e. The monoisotopic (exact) mass is 970 g/mol. The van der Waals surface area contributed by atoms with Crippen LogP contribution in [0.3, 0.4) is 0 Å². The first-order valence-corrected chi connectivity index (χ1v) is 24.3. The van der Waals surface area contributed by atoms with E-state index < -0.39 is 0 Å². The van der Waals surface area contributed by atoms with Gasteiger partial charge in [-0.2, -0.15) is 9.97 Å². The fourth-order valence-electron chi connectivity index (χ4n) is 10.9. The van der Waals surface area contributed by atoms with Gasteiger partial charge in [0.25, 0.3) is 0 Å². The van der Waals surface area contributed by atoms with Crippen molar-refractivity contribution in [1.82, 2.24) is 49.5 Å². The second-order valence-electron chi connectivity index (χ2n) is 18.4. The van der Waals surface area contributed by atoms with E-state index in [1.807, 2.05) is 23.2 Å². The average Bonchev–Trinajstić information content (AvgIpc) is 4.11. The quantitative estimate of drug-likeness (QED) is 0.134. The van der Waals surface area contributed by atoms with Gasteiger partial charge in [-0.1, -0.05) is 46.4 Å². The van der Waals surface area contributed by atoms with Crippen molar-refractivity contribution in [2.45, 2.75) is 89.8 Å². The summed E-state index contributed by atoms with van der Waals surface area (Å²) in [4.78, 5) is 31.9. The van der Waals surface area contributed by atoms with E-state index in [-0.39, 0.29) is 12.2 Å². The molecule has 0 spiro atoms. The Morgan fingerprint density at radius 3 is 1.24 bits per heavy atom. The van der Waals surface area contributed by atoms with Crippen LogP contribution >= 0.6 is 46.4 Å². The highest BCUT2D eigenvalue weighted by Gasteiger charge is 2.45. The lowest BCUT2D eigenvalue weighted by Crippen LogP contribution is -2.48. The van der Waals surface area contributed by atoms with Crippen LogP contribution < -0.4 is 29.9 Å². The molecule has 6 aliphatic rings. The summed E-state index contributed by atoms with van der Waals surface area (Å²) in [5.74, 6) is 8.57. The number of aromatic nitrogens is 10. The number of anilines is 4. The molecule has 66 heavy (non-hydrogen) atoms. The predicted molar refractivity (Wildman–Crippen MR) is 254 cm³/mol. The van der Waals surface area contributed by atoms with E-state index in [4.69, 9.17) is 76.0 Å². The number of nitrogens with one attached hydrogen (secondary N) is 2. The van der Waals surface area contributed by atoms with E-state index in [1.165, 1.54) is 25.7 Å². The van der Waals surface area contributed by atoms with Gasteiger partial charge in [0.2, 0.25) is 11.9 Å². The molecule has 2 saturated carbocycles. The van der Waals surface area contributed by atoms with Crippen molar-refractivity contribution in [1.29, 1.82) is 0 Å². The number of ether oxygens (including phenoxy) is 2. The molecule has 4 aliphatic heterocycles. The van der Waals surface area contributed by atoms with Gasteiger partial charge in [-0.3, -0.25) is 0 Å². The van der Waals surface area contributed by atoms with Gasteiger partial charge in [-0.25, -0.2) is 29.3 Å². The SMILES string of the molecule is Cc1cc(N2C[C@H]3CC[C@@H](C2)C3Nc2nc3n(n2)CC[C@@H]3Oc2cc(Cl)cc(Cl)c2)ncn1.Cc1cc(N2C[C@H]3CC[C@@H](C2)C3Nc2nc3n(n2)CC[C@H]3Oc2cc(Cl)cc(Cl)c2)ncn1. The number of piperidine rings is 2. The summed E-state index contributed by atoms with van der Waals surface area (Å²) in [6.07, 6.45) is 9.45. The lowest BCUT2D eigenvalue weighted by molar-refractivity contribution is 0.203. The fourth-order valence-corrected chi connectivity index (χ4v) is 11.9. The highest BCUT2D eigenvalue weighted by atomic mass is 35.5. The molecule has 2 N–H and O–H groups in total. The largest absolute Gasteiger partial charge is 0.482 e. The normalized spacial score (nSPS) is 25.8. The average molecular weight is 973 g/mol. The van der Waals surface area contributed by atoms with E-state index in [0.29, 0.717) is 79.2 Å². The molecular formula is C46H50Cl4N14O2. The van der Waals surface area contributed by atoms with Crippen LogP contribution in [0.15, 0.2) is 61.2 Å². The molecule has 20 heteroatoms. The Labute approximate surface area is 402 Å². The van der Waals surface area contributed by atoms with Gasteiger partial charge in [-0.05, 0) is 99.6 Å². The van der Waals surface area contributed by atoms with Crippen molar-refractivity contribution >= 4 is 69.9 Å². The first kappa shape index (κ1) is 43.4. The van der Waals surface area contributed by atoms with Crippen molar-refractivity contribution in [2.24, 2.45) is 23.7 Å². The third-order valence-electron chi connectivity index (χ3n) is 13.9. The third-order valence-corrected chi connectivity index (χ3v) is 14.8. The molecule has 2 aliphatic carbocycles. The van der Waals surface area contributed by atoms with Gasteiger partial charge < -0.3 is 29.9 Å². The van der Waals surface area contributed by atoms with E-state index in [0.717, 1.165) is 86.8 Å². The summed E-state index contributed by atoms with van der Waals surface area (Å²) >= 11 is 24.5. The summed E-state index contributed by atoms with van der Waals surface area (Å²) in [6.45, 7) is 9.52. The van der Waals surface area contributed by atoms with E-state index in [9.17, 15) is 0 Å². The minimum absolute atomic E-state index is 0.165. The second-order valence-corrected chi connectivity index (χ2v) is 20.2. The second kappa shape index (κ2) is 18.1. The van der Waals surface area contributed by atoms with E-state index >= 15 is 0 Å². The number of fused-ring (bicyclic) bond motifs is 6. The maximum absolute atomic E-state index is 6.16. The first-order valence-electron chi connectivity index (χ1n) is 22.8. The Kier molecular flexibility index (Phi) is 11.9. The fraction of sp³-hybridized carbons (Fsp3) is 0.478. The number of rotatable bonds is 10. The Bertz CT molecular complexity index is 2490. The molecule has 0 radical (unpaired) electrons. The number of nitrogens with zero attached hydrogens (tertiary/aromatic N) is 12. The van der Waals surface area contributed by atoms with Crippen molar-refractivity contribution in [3.05, 3.63) is 104 Å². The van der Waals surface area contributed by atoms with Crippen LogP contribution in [0.25, 0.3) is 0 Å². The van der Waals surface area contributed by atoms with Crippen molar-refractivity contribution < 1.29 is 9.47 Å². The van der Waals surface area contributed by atoms with Crippen LogP contribution in [0, 0.1) is 37.5 Å². The molecular weight excluding hydrogens is 922 g/mol. The maximum Gasteiger partial charge on any atom is 0.242 e. The minimum Gasteiger partial charge on any atom is -0.482 e. The Morgan fingerprint density at radius 1 is 0.500 bits per heavy atom. The molecule has 4 bridgehead atoms. The van der Waals surface area contributed by atoms with Gasteiger partial charge in [0.1, 0.15) is 35.8 Å². The van der Waals surface area contributed by atoms with E-state index in [2.05, 4.69) is 52.5 Å². The highest BCUT2D eigenvalue weighted by Crippen LogP contribution is 2.42. The van der Waals surface area contributed by atoms with Crippen LogP contribution in [0.4, 0.5) is 23.5 Å². The molecule has 8 heterocycles. The molecule has 344 valence electrons. The van der Waals surface area contributed by atoms with Gasteiger partial charge >= 0.3 is 0 Å². The van der Waals surface area contributed by atoms with Crippen LogP contribution in [0.2, 0.25) is 20.1 Å². The molecule has 12 rings (SSSR count). The number of halogens is 4. The first-order chi connectivity index (χ1) is 32.0. The van der Waals surface area contributed by atoms with Crippen LogP contribution in [-0.4, -0.2) is 87.7 Å². The van der Waals surface area contributed by atoms with Crippen LogP contribution in [-0.2, 0) is 13.1 Å². The summed E-state index contributed by atoms with van der Waals surface area (Å²) in [5, 5.41) is 19.0. The number of hydrogen-bond acceptors (Lipinski definition) is 14. The van der Waals surface area contributed by atoms with Gasteiger partial charge in [0.15, 0.2) is 23.9 Å². The molecule has 0 amide bonds. The lowest BCUT2D eigenvalue weighted by atomic mass is 9.92. The number of hydrogen-bond donors (Lipinski definition) is 2. The van der Waals surface area contributed by atoms with Crippen molar-refractivity contribution in [2.75, 3.05) is 46.6 Å². The molecule has 8 atom stereocenters. The van der Waals surface area contributed by atoms with Crippen molar-refractivity contribution in [3.8, 4) is 11.5 Å². The van der Waals surface area contributed by atoms with Gasteiger partial charge in [-0.15, -0.1) is 10.2 Å².